The van der Waals surface area contributed by atoms with E-state index in [9.17, 15) is 4.79 Å². The summed E-state index contributed by atoms with van der Waals surface area (Å²) in [5.74, 6) is 0.731. The molecule has 1 amide bonds. The molecule has 23 heavy (non-hydrogen) atoms. The Morgan fingerprint density at radius 2 is 2.17 bits per heavy atom. The average Bonchev–Trinajstić information content (AvgIpc) is 3.26. The molecule has 0 saturated heterocycles. The second-order valence-corrected chi connectivity index (χ2v) is 7.09. The average molecular weight is 343 g/mol. The van der Waals surface area contributed by atoms with Crippen molar-refractivity contribution in [3.8, 4) is 17.0 Å². The number of hydrogen-bond acceptors (Lipinski definition) is 6. The summed E-state index contributed by atoms with van der Waals surface area (Å²) in [6.45, 7) is 2.62. The molecule has 4 rings (SSSR count). The van der Waals surface area contributed by atoms with Crippen LogP contribution in [0.15, 0.2) is 29.0 Å². The summed E-state index contributed by atoms with van der Waals surface area (Å²) in [5.41, 5.74) is 3.53. The number of aryl methyl sites for hydroxylation is 1. The monoisotopic (exact) mass is 343 g/mol. The van der Waals surface area contributed by atoms with Crippen molar-refractivity contribution < 1.29 is 9.53 Å². The van der Waals surface area contributed by atoms with Crippen LogP contribution in [0.3, 0.4) is 0 Å². The number of fused-ring (bicyclic) bond motifs is 1. The number of rotatable bonds is 3. The van der Waals surface area contributed by atoms with Crippen molar-refractivity contribution in [1.82, 2.24) is 9.97 Å². The van der Waals surface area contributed by atoms with E-state index in [1.54, 1.807) is 5.38 Å². The zero-order chi connectivity index (χ0) is 15.8. The third kappa shape index (κ3) is 2.85. The molecule has 0 atom stereocenters. The van der Waals surface area contributed by atoms with Crippen LogP contribution < -0.4 is 10.1 Å². The summed E-state index contributed by atoms with van der Waals surface area (Å²) >= 11 is 2.86. The fourth-order valence-corrected chi connectivity index (χ4v) is 3.75. The topological polar surface area (TPSA) is 64.1 Å². The first-order valence-electron chi connectivity index (χ1n) is 7.14. The van der Waals surface area contributed by atoms with Crippen molar-refractivity contribution in [2.75, 3.05) is 11.9 Å². The molecule has 1 aliphatic rings. The number of aromatic nitrogens is 2. The number of benzene rings is 1. The SMILES string of the molecule is Cc1nc(C(=O)Nc2nc(-c3ccc4c(c3)CCO4)cs2)cs1. The molecule has 116 valence electrons. The number of nitrogens with one attached hydrogen (secondary N) is 1. The summed E-state index contributed by atoms with van der Waals surface area (Å²) in [5, 5.41) is 7.94. The Hall–Kier alpha value is -2.25. The highest BCUT2D eigenvalue weighted by Crippen LogP contribution is 2.32. The molecular weight excluding hydrogens is 330 g/mol. The lowest BCUT2D eigenvalue weighted by molar-refractivity contribution is 0.102. The zero-order valence-electron chi connectivity index (χ0n) is 12.3. The van der Waals surface area contributed by atoms with E-state index in [1.165, 1.54) is 28.2 Å². The van der Waals surface area contributed by atoms with Gasteiger partial charge in [0.05, 0.1) is 17.3 Å². The van der Waals surface area contributed by atoms with E-state index < -0.39 is 0 Å². The van der Waals surface area contributed by atoms with Crippen molar-refractivity contribution in [3.05, 3.63) is 45.2 Å². The molecule has 0 fully saturated rings. The maximum absolute atomic E-state index is 12.1. The molecule has 1 N–H and O–H groups in total. The van der Waals surface area contributed by atoms with Crippen LogP contribution in [0, 0.1) is 6.92 Å². The molecule has 2 aromatic heterocycles. The van der Waals surface area contributed by atoms with Gasteiger partial charge in [0.1, 0.15) is 11.4 Å². The maximum Gasteiger partial charge on any atom is 0.276 e. The van der Waals surface area contributed by atoms with E-state index in [-0.39, 0.29) is 5.91 Å². The van der Waals surface area contributed by atoms with Gasteiger partial charge in [0.2, 0.25) is 0 Å². The number of thiazole rings is 2. The predicted molar refractivity (Wildman–Crippen MR) is 91.6 cm³/mol. The summed E-state index contributed by atoms with van der Waals surface area (Å²) in [4.78, 5) is 20.8. The van der Waals surface area contributed by atoms with Gasteiger partial charge < -0.3 is 4.74 Å². The summed E-state index contributed by atoms with van der Waals surface area (Å²) in [6.07, 6.45) is 0.931. The van der Waals surface area contributed by atoms with Crippen molar-refractivity contribution in [2.24, 2.45) is 0 Å². The molecule has 3 heterocycles. The molecule has 0 unspecified atom stereocenters. The Bertz CT molecular complexity index is 885. The molecular formula is C16H13N3O2S2. The number of amides is 1. The minimum absolute atomic E-state index is 0.224. The first kappa shape index (κ1) is 14.3. The maximum atomic E-state index is 12.1. The molecule has 0 saturated carbocycles. The Morgan fingerprint density at radius 3 is 3.00 bits per heavy atom. The van der Waals surface area contributed by atoms with Crippen molar-refractivity contribution in [1.29, 1.82) is 0 Å². The van der Waals surface area contributed by atoms with Crippen LogP contribution in [0.2, 0.25) is 0 Å². The summed E-state index contributed by atoms with van der Waals surface area (Å²) < 4.78 is 5.52. The largest absolute Gasteiger partial charge is 0.493 e. The molecule has 1 aliphatic heterocycles. The highest BCUT2D eigenvalue weighted by molar-refractivity contribution is 7.14. The quantitative estimate of drug-likeness (QED) is 0.786. The Morgan fingerprint density at radius 1 is 1.26 bits per heavy atom. The van der Waals surface area contributed by atoms with Crippen LogP contribution in [0.25, 0.3) is 11.3 Å². The lowest BCUT2D eigenvalue weighted by Gasteiger charge is -2.01. The number of carbonyl (C=O) groups is 1. The second kappa shape index (κ2) is 5.75. The number of anilines is 1. The van der Waals surface area contributed by atoms with Crippen LogP contribution in [-0.4, -0.2) is 22.5 Å². The number of hydrogen-bond donors (Lipinski definition) is 1. The van der Waals surface area contributed by atoms with Crippen molar-refractivity contribution in [2.45, 2.75) is 13.3 Å². The second-order valence-electron chi connectivity index (χ2n) is 5.16. The van der Waals surface area contributed by atoms with Gasteiger partial charge in [-0.3, -0.25) is 10.1 Å². The Labute approximate surface area is 141 Å². The van der Waals surface area contributed by atoms with Crippen LogP contribution in [0.4, 0.5) is 5.13 Å². The van der Waals surface area contributed by atoms with Gasteiger partial charge in [-0.2, -0.15) is 0 Å². The molecule has 0 spiro atoms. The van der Waals surface area contributed by atoms with E-state index >= 15 is 0 Å². The molecule has 1 aromatic carbocycles. The Balaban J connectivity index is 1.54. The smallest absolute Gasteiger partial charge is 0.276 e. The van der Waals surface area contributed by atoms with Gasteiger partial charge in [-0.05, 0) is 30.7 Å². The molecule has 3 aromatic rings. The standard InChI is InChI=1S/C16H13N3O2S2/c1-9-17-13(8-22-9)15(20)19-16-18-12(7-23-16)10-2-3-14-11(6-10)4-5-21-14/h2-3,6-8H,4-5H2,1H3,(H,18,19,20). The zero-order valence-corrected chi connectivity index (χ0v) is 14.0. The Kier molecular flexibility index (Phi) is 3.59. The molecule has 0 radical (unpaired) electrons. The van der Waals surface area contributed by atoms with Crippen LogP contribution in [0.5, 0.6) is 5.75 Å². The predicted octanol–water partition coefficient (Wildman–Crippen LogP) is 3.76. The first-order chi connectivity index (χ1) is 11.2. The normalized spacial score (nSPS) is 12.7. The molecule has 5 nitrogen and oxygen atoms in total. The first-order valence-corrected chi connectivity index (χ1v) is 8.90. The van der Waals surface area contributed by atoms with Gasteiger partial charge in [0.25, 0.3) is 5.91 Å². The molecule has 0 bridgehead atoms. The summed E-state index contributed by atoms with van der Waals surface area (Å²) in [7, 11) is 0. The van der Waals surface area contributed by atoms with Gasteiger partial charge in [-0.25, -0.2) is 9.97 Å². The lowest BCUT2D eigenvalue weighted by Crippen LogP contribution is -2.12. The van der Waals surface area contributed by atoms with E-state index in [4.69, 9.17) is 4.74 Å². The van der Waals surface area contributed by atoms with Crippen LogP contribution in [-0.2, 0) is 6.42 Å². The number of ether oxygens (including phenoxy) is 1. The van der Waals surface area contributed by atoms with E-state index in [0.29, 0.717) is 10.8 Å². The molecule has 0 aliphatic carbocycles. The fourth-order valence-electron chi connectivity index (χ4n) is 2.44. The van der Waals surface area contributed by atoms with Crippen molar-refractivity contribution >= 4 is 33.7 Å². The summed E-state index contributed by atoms with van der Waals surface area (Å²) in [6, 6.07) is 6.08. The lowest BCUT2D eigenvalue weighted by atomic mass is 10.1. The van der Waals surface area contributed by atoms with Gasteiger partial charge in [-0.15, -0.1) is 22.7 Å². The minimum Gasteiger partial charge on any atom is -0.493 e. The van der Waals surface area contributed by atoms with Crippen LogP contribution in [0.1, 0.15) is 21.1 Å². The van der Waals surface area contributed by atoms with E-state index in [2.05, 4.69) is 21.4 Å². The van der Waals surface area contributed by atoms with Crippen molar-refractivity contribution in [3.63, 3.8) is 0 Å². The minimum atomic E-state index is -0.224. The number of nitrogens with zero attached hydrogens (tertiary/aromatic N) is 2. The molecule has 7 heteroatoms. The van der Waals surface area contributed by atoms with Gasteiger partial charge in [0, 0.05) is 22.7 Å². The fraction of sp³-hybridized carbons (Fsp3) is 0.188. The van der Waals surface area contributed by atoms with Gasteiger partial charge >= 0.3 is 0 Å². The third-order valence-electron chi connectivity index (χ3n) is 3.56. The van der Waals surface area contributed by atoms with Gasteiger partial charge in [0.15, 0.2) is 5.13 Å². The third-order valence-corrected chi connectivity index (χ3v) is 5.09. The number of carbonyl (C=O) groups excluding carboxylic acids is 1. The van der Waals surface area contributed by atoms with Crippen LogP contribution >= 0.6 is 22.7 Å². The van der Waals surface area contributed by atoms with E-state index in [0.717, 1.165) is 35.0 Å². The highest BCUT2D eigenvalue weighted by Gasteiger charge is 2.15. The van der Waals surface area contributed by atoms with E-state index in [1.807, 2.05) is 24.4 Å². The highest BCUT2D eigenvalue weighted by atomic mass is 32.1. The van der Waals surface area contributed by atoms with Gasteiger partial charge in [-0.1, -0.05) is 0 Å².